The molecule has 4 N–H and O–H groups in total. The summed E-state index contributed by atoms with van der Waals surface area (Å²) >= 11 is 1.85. The number of carbonyl (C=O) groups is 1. The highest BCUT2D eigenvalue weighted by atomic mass is 32.2. The van der Waals surface area contributed by atoms with Crippen LogP contribution in [0.15, 0.2) is 24.3 Å². The van der Waals surface area contributed by atoms with Crippen LogP contribution in [0.2, 0.25) is 0 Å². The molecule has 4 heteroatoms. The van der Waals surface area contributed by atoms with E-state index in [1.54, 1.807) is 12.1 Å². The van der Waals surface area contributed by atoms with Crippen molar-refractivity contribution >= 4 is 17.7 Å². The van der Waals surface area contributed by atoms with Gasteiger partial charge < -0.3 is 11.5 Å². The van der Waals surface area contributed by atoms with Gasteiger partial charge in [0.25, 0.3) is 0 Å². The minimum atomic E-state index is -0.379. The maximum atomic E-state index is 10.9. The summed E-state index contributed by atoms with van der Waals surface area (Å²) in [4.78, 5) is 10.9. The van der Waals surface area contributed by atoms with Gasteiger partial charge in [0.15, 0.2) is 0 Å². The SMILES string of the molecule is CC(N)CCSCc1ccc(C(N)=O)cc1. The van der Waals surface area contributed by atoms with Gasteiger partial charge in [-0.25, -0.2) is 0 Å². The fourth-order valence-corrected chi connectivity index (χ4v) is 2.34. The Balaban J connectivity index is 2.35. The molecule has 1 aromatic rings. The van der Waals surface area contributed by atoms with E-state index >= 15 is 0 Å². The average Bonchev–Trinajstić information content (AvgIpc) is 2.25. The second-order valence-electron chi connectivity index (χ2n) is 3.88. The zero-order valence-electron chi connectivity index (χ0n) is 9.48. The van der Waals surface area contributed by atoms with Crippen molar-refractivity contribution in [1.29, 1.82) is 0 Å². The van der Waals surface area contributed by atoms with Crippen LogP contribution in [-0.4, -0.2) is 17.7 Å². The number of benzene rings is 1. The molecule has 1 unspecified atom stereocenters. The monoisotopic (exact) mass is 238 g/mol. The molecule has 0 aliphatic carbocycles. The Labute approximate surface area is 101 Å². The molecule has 0 aliphatic heterocycles. The van der Waals surface area contributed by atoms with Gasteiger partial charge in [0.2, 0.25) is 5.91 Å². The lowest BCUT2D eigenvalue weighted by atomic mass is 10.1. The predicted octanol–water partition coefficient (Wildman–Crippen LogP) is 1.76. The number of thioether (sulfide) groups is 1. The first-order valence-corrected chi connectivity index (χ1v) is 6.47. The Kier molecular flexibility index (Phi) is 5.35. The summed E-state index contributed by atoms with van der Waals surface area (Å²) in [5, 5.41) is 0. The van der Waals surface area contributed by atoms with Crippen LogP contribution in [0.4, 0.5) is 0 Å². The third-order valence-electron chi connectivity index (χ3n) is 2.22. The normalized spacial score (nSPS) is 12.4. The molecule has 1 rings (SSSR count). The smallest absolute Gasteiger partial charge is 0.248 e. The van der Waals surface area contributed by atoms with Crippen LogP contribution < -0.4 is 11.5 Å². The zero-order chi connectivity index (χ0) is 12.0. The van der Waals surface area contributed by atoms with Crippen molar-refractivity contribution in [3.63, 3.8) is 0 Å². The summed E-state index contributed by atoms with van der Waals surface area (Å²) in [6, 6.07) is 7.69. The molecule has 1 amide bonds. The Morgan fingerprint density at radius 3 is 2.50 bits per heavy atom. The average molecular weight is 238 g/mol. The van der Waals surface area contributed by atoms with Crippen LogP contribution in [0, 0.1) is 0 Å². The van der Waals surface area contributed by atoms with E-state index < -0.39 is 0 Å². The van der Waals surface area contributed by atoms with Crippen molar-refractivity contribution in [1.82, 2.24) is 0 Å². The first-order chi connectivity index (χ1) is 7.59. The van der Waals surface area contributed by atoms with Gasteiger partial charge in [-0.05, 0) is 36.8 Å². The Bertz CT molecular complexity index is 335. The largest absolute Gasteiger partial charge is 0.366 e. The molecule has 1 atom stereocenters. The zero-order valence-corrected chi connectivity index (χ0v) is 10.3. The summed E-state index contributed by atoms with van der Waals surface area (Å²) in [6.45, 7) is 2.02. The second kappa shape index (κ2) is 6.55. The van der Waals surface area contributed by atoms with Gasteiger partial charge in [-0.1, -0.05) is 12.1 Å². The molecule has 16 heavy (non-hydrogen) atoms. The van der Waals surface area contributed by atoms with Gasteiger partial charge in [-0.2, -0.15) is 11.8 Å². The highest BCUT2D eigenvalue weighted by Crippen LogP contribution is 2.14. The van der Waals surface area contributed by atoms with E-state index in [1.165, 1.54) is 5.56 Å². The molecule has 3 nitrogen and oxygen atoms in total. The molecular formula is C12H18N2OS. The van der Waals surface area contributed by atoms with Gasteiger partial charge in [-0.3, -0.25) is 4.79 Å². The molecule has 88 valence electrons. The van der Waals surface area contributed by atoms with Gasteiger partial charge in [-0.15, -0.1) is 0 Å². The summed E-state index contributed by atoms with van der Waals surface area (Å²) in [5.74, 6) is 1.64. The molecule has 0 fully saturated rings. The highest BCUT2D eigenvalue weighted by molar-refractivity contribution is 7.98. The van der Waals surface area contributed by atoms with Crippen molar-refractivity contribution in [2.24, 2.45) is 11.5 Å². The van der Waals surface area contributed by atoms with Crippen molar-refractivity contribution < 1.29 is 4.79 Å². The molecule has 1 aromatic carbocycles. The van der Waals surface area contributed by atoms with Crippen molar-refractivity contribution in [2.45, 2.75) is 25.1 Å². The van der Waals surface area contributed by atoms with Crippen molar-refractivity contribution in [3.05, 3.63) is 35.4 Å². The van der Waals surface area contributed by atoms with E-state index in [2.05, 4.69) is 0 Å². The molecule has 0 spiro atoms. The molecule has 0 saturated carbocycles. The number of hydrogen-bond donors (Lipinski definition) is 2. The predicted molar refractivity (Wildman–Crippen MR) is 69.4 cm³/mol. The molecule has 0 aliphatic rings. The van der Waals surface area contributed by atoms with Crippen LogP contribution in [0.1, 0.15) is 29.3 Å². The maximum absolute atomic E-state index is 10.9. The minimum Gasteiger partial charge on any atom is -0.366 e. The number of rotatable bonds is 6. The quantitative estimate of drug-likeness (QED) is 0.742. The topological polar surface area (TPSA) is 69.1 Å². The third kappa shape index (κ3) is 4.68. The lowest BCUT2D eigenvalue weighted by molar-refractivity contribution is 0.100. The van der Waals surface area contributed by atoms with Crippen LogP contribution in [0.5, 0.6) is 0 Å². The third-order valence-corrected chi connectivity index (χ3v) is 3.29. The summed E-state index contributed by atoms with van der Waals surface area (Å²) in [6.07, 6.45) is 1.03. The minimum absolute atomic E-state index is 0.268. The van der Waals surface area contributed by atoms with Gasteiger partial charge in [0.05, 0.1) is 0 Å². The standard InChI is InChI=1S/C12H18N2OS/c1-9(13)6-7-16-8-10-2-4-11(5-3-10)12(14)15/h2-5,9H,6-8,13H2,1H3,(H2,14,15). The van der Waals surface area contributed by atoms with Crippen molar-refractivity contribution in [2.75, 3.05) is 5.75 Å². The van der Waals surface area contributed by atoms with E-state index in [-0.39, 0.29) is 11.9 Å². The number of carbonyl (C=O) groups excluding carboxylic acids is 1. The molecule has 0 radical (unpaired) electrons. The highest BCUT2D eigenvalue weighted by Gasteiger charge is 2.00. The molecule has 0 aromatic heterocycles. The number of primary amides is 1. The number of amides is 1. The molecule has 0 bridgehead atoms. The van der Waals surface area contributed by atoms with Gasteiger partial charge in [0, 0.05) is 17.4 Å². The fourth-order valence-electron chi connectivity index (χ4n) is 1.22. The lowest BCUT2D eigenvalue weighted by Crippen LogP contribution is -2.15. The van der Waals surface area contributed by atoms with Gasteiger partial charge in [0.1, 0.15) is 0 Å². The summed E-state index contributed by atoms with van der Waals surface area (Å²) in [7, 11) is 0. The lowest BCUT2D eigenvalue weighted by Gasteiger charge is -2.05. The summed E-state index contributed by atoms with van der Waals surface area (Å²) < 4.78 is 0. The van der Waals surface area contributed by atoms with E-state index in [0.717, 1.165) is 17.9 Å². The summed E-state index contributed by atoms with van der Waals surface area (Å²) in [5.41, 5.74) is 12.6. The first kappa shape index (κ1) is 13.1. The first-order valence-electron chi connectivity index (χ1n) is 5.31. The van der Waals surface area contributed by atoms with Crippen LogP contribution in [-0.2, 0) is 5.75 Å². The molecular weight excluding hydrogens is 220 g/mol. The van der Waals surface area contributed by atoms with Crippen molar-refractivity contribution in [3.8, 4) is 0 Å². The number of nitrogens with two attached hydrogens (primary N) is 2. The van der Waals surface area contributed by atoms with E-state index in [9.17, 15) is 4.79 Å². The van der Waals surface area contributed by atoms with Crippen LogP contribution in [0.3, 0.4) is 0 Å². The van der Waals surface area contributed by atoms with E-state index in [1.807, 2.05) is 30.8 Å². The second-order valence-corrected chi connectivity index (χ2v) is 4.98. The van der Waals surface area contributed by atoms with Crippen LogP contribution in [0.25, 0.3) is 0 Å². The Morgan fingerprint density at radius 2 is 2.00 bits per heavy atom. The number of hydrogen-bond acceptors (Lipinski definition) is 3. The molecule has 0 saturated heterocycles. The van der Waals surface area contributed by atoms with Gasteiger partial charge >= 0.3 is 0 Å². The Morgan fingerprint density at radius 1 is 1.38 bits per heavy atom. The van der Waals surface area contributed by atoms with E-state index in [0.29, 0.717) is 5.56 Å². The maximum Gasteiger partial charge on any atom is 0.248 e. The fraction of sp³-hybridized carbons (Fsp3) is 0.417. The van der Waals surface area contributed by atoms with Crippen LogP contribution >= 0.6 is 11.8 Å². The van der Waals surface area contributed by atoms with E-state index in [4.69, 9.17) is 11.5 Å². The molecule has 0 heterocycles. The Hall–Kier alpha value is -1.00.